The number of hydrogen-bond acceptors (Lipinski definition) is 9. The molecule has 3 aromatic rings. The van der Waals surface area contributed by atoms with E-state index in [2.05, 4.69) is 57.9 Å². The van der Waals surface area contributed by atoms with Crippen LogP contribution in [0.1, 0.15) is 55.2 Å². The van der Waals surface area contributed by atoms with Crippen molar-refractivity contribution in [3.63, 3.8) is 0 Å². The molecule has 1 N–H and O–H groups in total. The molecule has 0 amide bonds. The molecule has 2 fully saturated rings. The minimum atomic E-state index is -0.492. The fraction of sp³-hybridized carbons (Fsp3) is 0.484. The minimum Gasteiger partial charge on any atom is -0.490 e. The van der Waals surface area contributed by atoms with Crippen LogP contribution >= 0.6 is 0 Å². The summed E-state index contributed by atoms with van der Waals surface area (Å²) in [6.45, 7) is 11.2. The van der Waals surface area contributed by atoms with Crippen LogP contribution in [0.15, 0.2) is 43.0 Å². The Bertz CT molecular complexity index is 1360. The van der Waals surface area contributed by atoms with E-state index in [9.17, 15) is 9.18 Å². The zero-order valence-electron chi connectivity index (χ0n) is 24.3. The number of anilines is 1. The number of pyridine rings is 1. The summed E-state index contributed by atoms with van der Waals surface area (Å²) in [6, 6.07) is 6.51. The second kappa shape index (κ2) is 12.5. The largest absolute Gasteiger partial charge is 0.490 e. The van der Waals surface area contributed by atoms with Crippen LogP contribution in [0.2, 0.25) is 0 Å². The van der Waals surface area contributed by atoms with Gasteiger partial charge in [-0.3, -0.25) is 9.78 Å². The number of benzene rings is 1. The standard InChI is InChI=1S/C25H24FN5O3.C6H15N/c26-17-1-2-21(16(7-17)12-32)34-23-11-28-15-30-24(23)31-13-25(14-31)8-18(9-25)33-22-4-6-29-20-3-5-27-10-19(20)22;1-5-7(4)6(2)3/h1-2,4,6-7,11-12,15,18,27H,3,5,8-10,13-14H2;6H,5H2,1-4H3. The number of nitrogens with zero attached hydrogens (tertiary/aromatic N) is 5. The van der Waals surface area contributed by atoms with Crippen molar-refractivity contribution < 1.29 is 18.7 Å². The molecule has 1 aliphatic carbocycles. The monoisotopic (exact) mass is 562 g/mol. The number of ether oxygens (including phenoxy) is 2. The Labute approximate surface area is 241 Å². The van der Waals surface area contributed by atoms with E-state index < -0.39 is 5.82 Å². The predicted molar refractivity (Wildman–Crippen MR) is 155 cm³/mol. The molecule has 41 heavy (non-hydrogen) atoms. The summed E-state index contributed by atoms with van der Waals surface area (Å²) in [6.07, 6.45) is 8.57. The van der Waals surface area contributed by atoms with Crippen LogP contribution in [0.25, 0.3) is 0 Å². The Morgan fingerprint density at radius 1 is 1.20 bits per heavy atom. The molecule has 0 atom stereocenters. The van der Waals surface area contributed by atoms with E-state index in [0.717, 1.165) is 69.5 Å². The van der Waals surface area contributed by atoms with E-state index in [1.54, 1.807) is 6.20 Å². The predicted octanol–water partition coefficient (Wildman–Crippen LogP) is 4.66. The summed E-state index contributed by atoms with van der Waals surface area (Å²) in [5.41, 5.74) is 2.67. The fourth-order valence-electron chi connectivity index (χ4n) is 5.60. The highest BCUT2D eigenvalue weighted by Crippen LogP contribution is 2.52. The third kappa shape index (κ3) is 6.49. The first kappa shape index (κ1) is 28.9. The van der Waals surface area contributed by atoms with Gasteiger partial charge in [-0.15, -0.1) is 0 Å². The van der Waals surface area contributed by atoms with E-state index in [1.807, 2.05) is 12.3 Å². The van der Waals surface area contributed by atoms with Gasteiger partial charge in [0, 0.05) is 61.5 Å². The normalized spacial score (nSPS) is 17.3. The lowest BCUT2D eigenvalue weighted by Crippen LogP contribution is -2.65. The maximum absolute atomic E-state index is 13.5. The molecule has 0 radical (unpaired) electrons. The number of aromatic nitrogens is 3. The maximum Gasteiger partial charge on any atom is 0.188 e. The van der Waals surface area contributed by atoms with Crippen LogP contribution in [0.5, 0.6) is 17.2 Å². The highest BCUT2D eigenvalue weighted by molar-refractivity contribution is 5.79. The summed E-state index contributed by atoms with van der Waals surface area (Å²) in [5, 5.41) is 3.40. The van der Waals surface area contributed by atoms with Gasteiger partial charge in [0.25, 0.3) is 0 Å². The summed E-state index contributed by atoms with van der Waals surface area (Å²) < 4.78 is 25.7. The molecule has 1 aromatic carbocycles. The van der Waals surface area contributed by atoms with E-state index in [1.165, 1.54) is 24.0 Å². The number of rotatable bonds is 8. The lowest BCUT2D eigenvalue weighted by Gasteiger charge is -2.59. The quantitative estimate of drug-likeness (QED) is 0.394. The van der Waals surface area contributed by atoms with E-state index >= 15 is 0 Å². The highest BCUT2D eigenvalue weighted by Gasteiger charge is 2.54. The van der Waals surface area contributed by atoms with E-state index in [-0.39, 0.29) is 22.8 Å². The van der Waals surface area contributed by atoms with Crippen molar-refractivity contribution in [1.82, 2.24) is 25.2 Å². The maximum atomic E-state index is 13.5. The van der Waals surface area contributed by atoms with Crippen molar-refractivity contribution in [1.29, 1.82) is 0 Å². The number of halogens is 1. The van der Waals surface area contributed by atoms with E-state index in [0.29, 0.717) is 23.9 Å². The Kier molecular flexibility index (Phi) is 8.79. The minimum absolute atomic E-state index is 0.141. The summed E-state index contributed by atoms with van der Waals surface area (Å²) in [4.78, 5) is 28.7. The van der Waals surface area contributed by atoms with Crippen molar-refractivity contribution in [2.75, 3.05) is 38.1 Å². The number of fused-ring (bicyclic) bond motifs is 1. The molecule has 0 unspecified atom stereocenters. The van der Waals surface area contributed by atoms with E-state index in [4.69, 9.17) is 9.47 Å². The van der Waals surface area contributed by atoms with Gasteiger partial charge in [-0.25, -0.2) is 14.4 Å². The van der Waals surface area contributed by atoms with Crippen LogP contribution in [0.4, 0.5) is 10.2 Å². The van der Waals surface area contributed by atoms with Gasteiger partial charge in [-0.2, -0.15) is 0 Å². The molecule has 3 aliphatic rings. The van der Waals surface area contributed by atoms with Crippen LogP contribution in [-0.2, 0) is 13.0 Å². The molecule has 10 heteroatoms. The molecule has 6 rings (SSSR count). The zero-order valence-corrected chi connectivity index (χ0v) is 24.3. The second-order valence-corrected chi connectivity index (χ2v) is 11.4. The van der Waals surface area contributed by atoms with Crippen molar-refractivity contribution in [2.24, 2.45) is 5.41 Å². The average molecular weight is 563 g/mol. The first-order chi connectivity index (χ1) is 19.8. The van der Waals surface area contributed by atoms with Crippen molar-refractivity contribution in [3.8, 4) is 17.2 Å². The number of carbonyl (C=O) groups is 1. The summed E-state index contributed by atoms with van der Waals surface area (Å²) in [7, 11) is 2.13. The summed E-state index contributed by atoms with van der Waals surface area (Å²) in [5.74, 6) is 1.84. The molecule has 0 bridgehead atoms. The molecular formula is C31H39FN6O3. The third-order valence-corrected chi connectivity index (χ3v) is 8.27. The number of hydrogen-bond donors (Lipinski definition) is 1. The lowest BCUT2D eigenvalue weighted by atomic mass is 9.61. The molecular weight excluding hydrogens is 523 g/mol. The first-order valence-corrected chi connectivity index (χ1v) is 14.3. The van der Waals surface area contributed by atoms with Crippen molar-refractivity contribution in [2.45, 2.75) is 58.7 Å². The fourth-order valence-corrected chi connectivity index (χ4v) is 5.60. The third-order valence-electron chi connectivity index (χ3n) is 8.27. The molecule has 1 saturated carbocycles. The number of nitrogens with one attached hydrogen (secondary N) is 1. The molecule has 1 spiro atoms. The van der Waals surface area contributed by atoms with Gasteiger partial charge in [0.15, 0.2) is 17.9 Å². The molecule has 2 aliphatic heterocycles. The number of carbonyl (C=O) groups excluding carboxylic acids is 1. The SMILES string of the molecule is CCN(C)C(C)C.O=Cc1cc(F)ccc1Oc1cncnc1N1CC2(CC(Oc3ccnc4c3CNCC4)C2)C1. The molecule has 9 nitrogen and oxygen atoms in total. The van der Waals surface area contributed by atoms with Gasteiger partial charge in [0.2, 0.25) is 0 Å². The Hall–Kier alpha value is -3.63. The highest BCUT2D eigenvalue weighted by atomic mass is 19.1. The first-order valence-electron chi connectivity index (χ1n) is 14.3. The zero-order chi connectivity index (χ0) is 29.0. The van der Waals surface area contributed by atoms with Gasteiger partial charge >= 0.3 is 0 Å². The van der Waals surface area contributed by atoms with Crippen LogP contribution in [0, 0.1) is 11.2 Å². The van der Waals surface area contributed by atoms with Crippen LogP contribution < -0.4 is 19.7 Å². The lowest BCUT2D eigenvalue weighted by molar-refractivity contribution is -0.0349. The Balaban J connectivity index is 0.000000431. The van der Waals surface area contributed by atoms with Gasteiger partial charge in [-0.1, -0.05) is 6.92 Å². The smallest absolute Gasteiger partial charge is 0.188 e. The van der Waals surface area contributed by atoms with Crippen LogP contribution in [-0.4, -0.2) is 71.5 Å². The van der Waals surface area contributed by atoms with Gasteiger partial charge in [0.1, 0.15) is 29.7 Å². The summed E-state index contributed by atoms with van der Waals surface area (Å²) >= 11 is 0. The molecule has 218 valence electrons. The average Bonchev–Trinajstić information content (AvgIpc) is 2.95. The molecule has 4 heterocycles. The van der Waals surface area contributed by atoms with Crippen LogP contribution in [0.3, 0.4) is 0 Å². The van der Waals surface area contributed by atoms with Gasteiger partial charge in [0.05, 0.1) is 11.8 Å². The van der Waals surface area contributed by atoms with Gasteiger partial charge in [-0.05, 0) is 64.5 Å². The topological polar surface area (TPSA) is 92.7 Å². The molecule has 1 saturated heterocycles. The van der Waals surface area contributed by atoms with Gasteiger partial charge < -0.3 is 24.6 Å². The number of aldehydes is 1. The second-order valence-electron chi connectivity index (χ2n) is 11.4. The molecule has 2 aromatic heterocycles. The van der Waals surface area contributed by atoms with Crippen molar-refractivity contribution in [3.05, 3.63) is 65.6 Å². The Morgan fingerprint density at radius 3 is 2.71 bits per heavy atom. The Morgan fingerprint density at radius 2 is 2.00 bits per heavy atom. The van der Waals surface area contributed by atoms with Crippen molar-refractivity contribution >= 4 is 12.1 Å².